The molecule has 0 aliphatic heterocycles. The lowest BCUT2D eigenvalue weighted by Gasteiger charge is -1.93. The number of ether oxygens (including phenoxy) is 1. The molecular weight excluding hydrogens is 276 g/mol. The van der Waals surface area contributed by atoms with Crippen molar-refractivity contribution in [1.29, 1.82) is 0 Å². The van der Waals surface area contributed by atoms with Gasteiger partial charge in [0.15, 0.2) is 0 Å². The van der Waals surface area contributed by atoms with Crippen LogP contribution in [0.5, 0.6) is 0 Å². The first kappa shape index (κ1) is 10.8. The lowest BCUT2D eigenvalue weighted by molar-refractivity contribution is 0.0545. The molecule has 16 heavy (non-hydrogen) atoms. The largest absolute Gasteiger partial charge is 0.462 e. The molecule has 1 aromatic carbocycles. The average Bonchev–Trinajstić information content (AvgIpc) is 2.77. The Hall–Kier alpha value is -1.69. The fourth-order valence-electron chi connectivity index (χ4n) is 1.14. The Morgan fingerprint density at radius 1 is 1.50 bits per heavy atom. The van der Waals surface area contributed by atoms with Crippen LogP contribution in [0.15, 0.2) is 33.3 Å². The molecule has 0 amide bonds. The van der Waals surface area contributed by atoms with Crippen molar-refractivity contribution in [3.05, 3.63) is 34.6 Å². The summed E-state index contributed by atoms with van der Waals surface area (Å²) in [6.45, 7) is 0. The standard InChI is InChI=1S/C10H7BrN2O3/c1-15-10(14)9-12-8(13-16-9)6-3-2-4-7(11)5-6/h2-5H,1H3. The van der Waals surface area contributed by atoms with Gasteiger partial charge in [0, 0.05) is 10.0 Å². The van der Waals surface area contributed by atoms with Crippen LogP contribution in [0.25, 0.3) is 11.4 Å². The highest BCUT2D eigenvalue weighted by Crippen LogP contribution is 2.20. The topological polar surface area (TPSA) is 65.2 Å². The van der Waals surface area contributed by atoms with E-state index in [4.69, 9.17) is 4.52 Å². The highest BCUT2D eigenvalue weighted by Gasteiger charge is 2.16. The first-order chi connectivity index (χ1) is 7.70. The van der Waals surface area contributed by atoms with E-state index in [1.807, 2.05) is 24.3 Å². The lowest BCUT2D eigenvalue weighted by Crippen LogP contribution is -2.00. The molecule has 0 bridgehead atoms. The predicted molar refractivity (Wildman–Crippen MR) is 58.8 cm³/mol. The van der Waals surface area contributed by atoms with E-state index in [1.54, 1.807) is 0 Å². The molecule has 5 nitrogen and oxygen atoms in total. The van der Waals surface area contributed by atoms with Crippen LogP contribution in [0.3, 0.4) is 0 Å². The molecule has 0 saturated carbocycles. The SMILES string of the molecule is COC(=O)c1nc(-c2cccc(Br)c2)no1. The van der Waals surface area contributed by atoms with Gasteiger partial charge in [-0.15, -0.1) is 0 Å². The van der Waals surface area contributed by atoms with Crippen LogP contribution in [-0.4, -0.2) is 23.2 Å². The summed E-state index contributed by atoms with van der Waals surface area (Å²) < 4.78 is 10.1. The van der Waals surface area contributed by atoms with E-state index >= 15 is 0 Å². The Balaban J connectivity index is 2.35. The molecule has 0 unspecified atom stereocenters. The minimum absolute atomic E-state index is 0.155. The Bertz CT molecular complexity index is 524. The molecule has 0 saturated heterocycles. The molecular formula is C10H7BrN2O3. The predicted octanol–water partition coefficient (Wildman–Crippen LogP) is 2.29. The van der Waals surface area contributed by atoms with E-state index in [9.17, 15) is 4.79 Å². The molecule has 6 heteroatoms. The van der Waals surface area contributed by atoms with Crippen LogP contribution in [-0.2, 0) is 4.74 Å². The second-order valence-corrected chi connectivity index (χ2v) is 3.84. The second kappa shape index (κ2) is 4.44. The third kappa shape index (κ3) is 2.11. The van der Waals surface area contributed by atoms with E-state index in [1.165, 1.54) is 7.11 Å². The van der Waals surface area contributed by atoms with Crippen molar-refractivity contribution in [1.82, 2.24) is 10.1 Å². The summed E-state index contributed by atoms with van der Waals surface area (Å²) in [4.78, 5) is 15.0. The van der Waals surface area contributed by atoms with E-state index in [-0.39, 0.29) is 5.89 Å². The molecule has 0 N–H and O–H groups in total. The van der Waals surface area contributed by atoms with Crippen molar-refractivity contribution < 1.29 is 14.1 Å². The summed E-state index contributed by atoms with van der Waals surface area (Å²) in [5.41, 5.74) is 0.758. The summed E-state index contributed by atoms with van der Waals surface area (Å²) in [6.07, 6.45) is 0. The van der Waals surface area contributed by atoms with Gasteiger partial charge in [-0.05, 0) is 12.1 Å². The van der Waals surface area contributed by atoms with Crippen LogP contribution in [0.1, 0.15) is 10.7 Å². The highest BCUT2D eigenvalue weighted by atomic mass is 79.9. The molecule has 1 heterocycles. The molecule has 82 valence electrons. The Morgan fingerprint density at radius 3 is 3.00 bits per heavy atom. The average molecular weight is 283 g/mol. The van der Waals surface area contributed by atoms with E-state index < -0.39 is 5.97 Å². The Kier molecular flexibility index (Phi) is 3.00. The summed E-state index contributed by atoms with van der Waals surface area (Å²) in [7, 11) is 1.26. The Morgan fingerprint density at radius 2 is 2.31 bits per heavy atom. The Labute approximate surface area is 99.5 Å². The van der Waals surface area contributed by atoms with Crippen molar-refractivity contribution in [3.63, 3.8) is 0 Å². The second-order valence-electron chi connectivity index (χ2n) is 2.93. The van der Waals surface area contributed by atoms with Gasteiger partial charge in [0.25, 0.3) is 0 Å². The maximum Gasteiger partial charge on any atom is 0.397 e. The number of halogens is 1. The van der Waals surface area contributed by atoms with Gasteiger partial charge in [0.2, 0.25) is 5.82 Å². The molecule has 2 aromatic rings. The van der Waals surface area contributed by atoms with Crippen LogP contribution < -0.4 is 0 Å². The number of hydrogen-bond donors (Lipinski definition) is 0. The number of nitrogens with zero attached hydrogens (tertiary/aromatic N) is 2. The molecule has 0 atom stereocenters. The number of esters is 1. The number of carbonyl (C=O) groups is 1. The zero-order valence-electron chi connectivity index (χ0n) is 8.31. The molecule has 0 radical (unpaired) electrons. The molecule has 0 spiro atoms. The van der Waals surface area contributed by atoms with E-state index in [0.717, 1.165) is 10.0 Å². The smallest absolute Gasteiger partial charge is 0.397 e. The van der Waals surface area contributed by atoms with Gasteiger partial charge in [0.05, 0.1) is 7.11 Å². The van der Waals surface area contributed by atoms with Crippen molar-refractivity contribution >= 4 is 21.9 Å². The quantitative estimate of drug-likeness (QED) is 0.791. The van der Waals surface area contributed by atoms with E-state index in [2.05, 4.69) is 30.8 Å². The molecule has 0 aliphatic carbocycles. The number of rotatable bonds is 2. The lowest BCUT2D eigenvalue weighted by atomic mass is 10.2. The van der Waals surface area contributed by atoms with Crippen LogP contribution in [0.2, 0.25) is 0 Å². The maximum absolute atomic E-state index is 11.1. The summed E-state index contributed by atoms with van der Waals surface area (Å²) in [5, 5.41) is 3.69. The van der Waals surface area contributed by atoms with Crippen molar-refractivity contribution in [2.24, 2.45) is 0 Å². The fourth-order valence-corrected chi connectivity index (χ4v) is 1.54. The number of benzene rings is 1. The molecule has 0 fully saturated rings. The summed E-state index contributed by atoms with van der Waals surface area (Å²) in [6, 6.07) is 7.36. The summed E-state index contributed by atoms with van der Waals surface area (Å²) in [5.74, 6) is -0.451. The first-order valence-electron chi connectivity index (χ1n) is 4.38. The van der Waals surface area contributed by atoms with Gasteiger partial charge in [0.1, 0.15) is 0 Å². The van der Waals surface area contributed by atoms with Gasteiger partial charge >= 0.3 is 11.9 Å². The monoisotopic (exact) mass is 282 g/mol. The highest BCUT2D eigenvalue weighted by molar-refractivity contribution is 9.10. The van der Waals surface area contributed by atoms with Crippen molar-refractivity contribution in [3.8, 4) is 11.4 Å². The molecule has 0 aliphatic rings. The zero-order chi connectivity index (χ0) is 11.5. The van der Waals surface area contributed by atoms with Gasteiger partial charge in [-0.2, -0.15) is 4.98 Å². The number of hydrogen-bond acceptors (Lipinski definition) is 5. The van der Waals surface area contributed by atoms with Crippen molar-refractivity contribution in [2.75, 3.05) is 7.11 Å². The third-order valence-electron chi connectivity index (χ3n) is 1.87. The van der Waals surface area contributed by atoms with Gasteiger partial charge in [-0.3, -0.25) is 0 Å². The minimum Gasteiger partial charge on any atom is -0.462 e. The fraction of sp³-hybridized carbons (Fsp3) is 0.100. The number of methoxy groups -OCH3 is 1. The summed E-state index contributed by atoms with van der Waals surface area (Å²) >= 11 is 3.33. The van der Waals surface area contributed by atoms with Gasteiger partial charge < -0.3 is 9.26 Å². The zero-order valence-corrected chi connectivity index (χ0v) is 9.89. The van der Waals surface area contributed by atoms with Crippen LogP contribution >= 0.6 is 15.9 Å². The van der Waals surface area contributed by atoms with Gasteiger partial charge in [-0.25, -0.2) is 4.79 Å². The minimum atomic E-state index is -0.645. The maximum atomic E-state index is 11.1. The van der Waals surface area contributed by atoms with E-state index in [0.29, 0.717) is 5.82 Å². The normalized spacial score (nSPS) is 10.1. The third-order valence-corrected chi connectivity index (χ3v) is 2.36. The first-order valence-corrected chi connectivity index (χ1v) is 5.18. The number of aromatic nitrogens is 2. The molecule has 2 rings (SSSR count). The number of carbonyl (C=O) groups excluding carboxylic acids is 1. The van der Waals surface area contributed by atoms with Crippen LogP contribution in [0, 0.1) is 0 Å². The molecule has 1 aromatic heterocycles. The van der Waals surface area contributed by atoms with Crippen molar-refractivity contribution in [2.45, 2.75) is 0 Å². The van der Waals surface area contributed by atoms with Gasteiger partial charge in [-0.1, -0.05) is 33.2 Å². The van der Waals surface area contributed by atoms with Crippen LogP contribution in [0.4, 0.5) is 0 Å².